The molecular formula is C12H23NO5. The van der Waals surface area contributed by atoms with Gasteiger partial charge in [-0.05, 0) is 20.8 Å². The summed E-state index contributed by atoms with van der Waals surface area (Å²) < 4.78 is 21.2. The van der Waals surface area contributed by atoms with Crippen LogP contribution in [0.3, 0.4) is 0 Å². The predicted molar refractivity (Wildman–Crippen MR) is 66.7 cm³/mol. The molecule has 0 fully saturated rings. The van der Waals surface area contributed by atoms with E-state index in [1.165, 1.54) is 0 Å². The Hall–Kier alpha value is -0.950. The largest absolute Gasteiger partial charge is 0.461 e. The minimum absolute atomic E-state index is 0.0785. The summed E-state index contributed by atoms with van der Waals surface area (Å²) in [5.74, 6) is -1.94. The van der Waals surface area contributed by atoms with E-state index < -0.39 is 18.0 Å². The van der Waals surface area contributed by atoms with E-state index >= 15 is 0 Å². The molecule has 2 N–H and O–H groups in total. The fraction of sp³-hybridized carbons (Fsp3) is 0.750. The van der Waals surface area contributed by atoms with E-state index in [0.29, 0.717) is 19.8 Å². The number of esters is 1. The first-order chi connectivity index (χ1) is 8.56. The first-order valence-corrected chi connectivity index (χ1v) is 6.02. The van der Waals surface area contributed by atoms with Crippen LogP contribution in [0.2, 0.25) is 0 Å². The Morgan fingerprint density at radius 1 is 1.22 bits per heavy atom. The van der Waals surface area contributed by atoms with Crippen molar-refractivity contribution in [3.63, 3.8) is 0 Å². The molecule has 0 saturated heterocycles. The summed E-state index contributed by atoms with van der Waals surface area (Å²) in [5, 5.41) is 0. The van der Waals surface area contributed by atoms with Gasteiger partial charge >= 0.3 is 11.9 Å². The van der Waals surface area contributed by atoms with Gasteiger partial charge in [-0.15, -0.1) is 0 Å². The maximum absolute atomic E-state index is 11.0. The first-order valence-electron chi connectivity index (χ1n) is 6.02. The molecule has 0 aliphatic carbocycles. The lowest BCUT2D eigenvalue weighted by Crippen LogP contribution is -2.56. The van der Waals surface area contributed by atoms with Crippen LogP contribution >= 0.6 is 0 Å². The summed E-state index contributed by atoms with van der Waals surface area (Å²) in [7, 11) is 0. The number of rotatable bonds is 10. The van der Waals surface area contributed by atoms with Crippen LogP contribution in [-0.4, -0.2) is 44.4 Å². The Kier molecular flexibility index (Phi) is 8.57. The highest BCUT2D eigenvalue weighted by Gasteiger charge is 2.40. The van der Waals surface area contributed by atoms with E-state index in [2.05, 4.69) is 6.58 Å². The lowest BCUT2D eigenvalue weighted by molar-refractivity contribution is -0.387. The van der Waals surface area contributed by atoms with Crippen LogP contribution < -0.4 is 5.73 Å². The van der Waals surface area contributed by atoms with Gasteiger partial charge in [-0.3, -0.25) is 0 Å². The lowest BCUT2D eigenvalue weighted by atomic mass is 10.2. The van der Waals surface area contributed by atoms with Crippen molar-refractivity contribution >= 4 is 5.97 Å². The van der Waals surface area contributed by atoms with Crippen LogP contribution in [0, 0.1) is 0 Å². The van der Waals surface area contributed by atoms with Gasteiger partial charge in [0.2, 0.25) is 0 Å². The van der Waals surface area contributed by atoms with Crippen molar-refractivity contribution in [2.24, 2.45) is 5.73 Å². The highest BCUT2D eigenvalue weighted by molar-refractivity contribution is 5.81. The summed E-state index contributed by atoms with van der Waals surface area (Å²) >= 11 is 0. The monoisotopic (exact) mass is 261 g/mol. The molecule has 18 heavy (non-hydrogen) atoms. The van der Waals surface area contributed by atoms with E-state index in [1.807, 2.05) is 0 Å². The molecule has 0 bridgehead atoms. The average Bonchev–Trinajstić information content (AvgIpc) is 2.36. The van der Waals surface area contributed by atoms with E-state index in [1.54, 1.807) is 20.8 Å². The lowest BCUT2D eigenvalue weighted by Gasteiger charge is -2.36. The van der Waals surface area contributed by atoms with Gasteiger partial charge in [-0.2, -0.15) is 0 Å². The molecule has 106 valence electrons. The van der Waals surface area contributed by atoms with Crippen molar-refractivity contribution in [2.75, 3.05) is 26.4 Å². The predicted octanol–water partition coefficient (Wildman–Crippen LogP) is 0.806. The van der Waals surface area contributed by atoms with Gasteiger partial charge in [0.05, 0.1) is 0 Å². The average molecular weight is 261 g/mol. The fourth-order valence-corrected chi connectivity index (χ4v) is 1.38. The topological polar surface area (TPSA) is 80.0 Å². The first kappa shape index (κ1) is 17.1. The maximum Gasteiger partial charge on any atom is 0.330 e. The summed E-state index contributed by atoms with van der Waals surface area (Å²) in [6.45, 7) is 9.72. The summed E-state index contributed by atoms with van der Waals surface area (Å²) in [5.41, 5.74) is 5.93. The van der Waals surface area contributed by atoms with Crippen molar-refractivity contribution in [3.8, 4) is 0 Å². The van der Waals surface area contributed by atoms with Gasteiger partial charge in [0.25, 0.3) is 0 Å². The van der Waals surface area contributed by atoms with E-state index in [0.717, 1.165) is 6.08 Å². The Balaban J connectivity index is 4.67. The molecule has 0 aliphatic heterocycles. The van der Waals surface area contributed by atoms with Crippen molar-refractivity contribution in [1.29, 1.82) is 0 Å². The van der Waals surface area contributed by atoms with Gasteiger partial charge in [0, 0.05) is 25.9 Å². The zero-order chi connectivity index (χ0) is 14.0. The van der Waals surface area contributed by atoms with Crippen molar-refractivity contribution < 1.29 is 23.7 Å². The van der Waals surface area contributed by atoms with E-state index in [-0.39, 0.29) is 6.61 Å². The second kappa shape index (κ2) is 9.04. The summed E-state index contributed by atoms with van der Waals surface area (Å²) in [6, 6.07) is -0.749. The fourth-order valence-electron chi connectivity index (χ4n) is 1.38. The Labute approximate surface area is 108 Å². The van der Waals surface area contributed by atoms with Gasteiger partial charge in [-0.1, -0.05) is 6.58 Å². The molecule has 0 aromatic heterocycles. The van der Waals surface area contributed by atoms with Crippen LogP contribution in [0.4, 0.5) is 0 Å². The molecule has 6 heteroatoms. The standard InChI is InChI=1S/C12H23NO5/c1-5-11(14)15-9-10(13)12(16-6-2,17-7-3)18-8-4/h5,10H,1,6-9,13H2,2-4H3. The maximum atomic E-state index is 11.0. The molecule has 0 spiro atoms. The van der Waals surface area contributed by atoms with Crippen molar-refractivity contribution in [1.82, 2.24) is 0 Å². The molecular weight excluding hydrogens is 238 g/mol. The minimum Gasteiger partial charge on any atom is -0.461 e. The highest BCUT2D eigenvalue weighted by Crippen LogP contribution is 2.19. The highest BCUT2D eigenvalue weighted by atomic mass is 16.9. The van der Waals surface area contributed by atoms with Crippen LogP contribution in [0.25, 0.3) is 0 Å². The molecule has 0 aromatic rings. The molecule has 0 radical (unpaired) electrons. The molecule has 0 rings (SSSR count). The molecule has 0 aliphatic rings. The second-order valence-electron chi connectivity index (χ2n) is 3.34. The number of hydrogen-bond donors (Lipinski definition) is 1. The molecule has 6 nitrogen and oxygen atoms in total. The smallest absolute Gasteiger partial charge is 0.330 e. The van der Waals surface area contributed by atoms with E-state index in [4.69, 9.17) is 24.7 Å². The normalized spacial score (nSPS) is 13.1. The minimum atomic E-state index is -1.39. The zero-order valence-corrected chi connectivity index (χ0v) is 11.3. The molecule has 0 aromatic carbocycles. The number of carbonyl (C=O) groups excluding carboxylic acids is 1. The van der Waals surface area contributed by atoms with Gasteiger partial charge in [0.15, 0.2) is 0 Å². The third-order valence-electron chi connectivity index (χ3n) is 2.06. The third-order valence-corrected chi connectivity index (χ3v) is 2.06. The zero-order valence-electron chi connectivity index (χ0n) is 11.3. The van der Waals surface area contributed by atoms with Gasteiger partial charge in [-0.25, -0.2) is 4.79 Å². The van der Waals surface area contributed by atoms with E-state index in [9.17, 15) is 4.79 Å². The Bertz CT molecular complexity index is 240. The van der Waals surface area contributed by atoms with Crippen LogP contribution in [0.15, 0.2) is 12.7 Å². The van der Waals surface area contributed by atoms with Crippen LogP contribution in [-0.2, 0) is 23.7 Å². The third kappa shape index (κ3) is 5.14. The molecule has 1 atom stereocenters. The van der Waals surface area contributed by atoms with Crippen LogP contribution in [0.5, 0.6) is 0 Å². The van der Waals surface area contributed by atoms with Gasteiger partial charge < -0.3 is 24.7 Å². The summed E-state index contributed by atoms with van der Waals surface area (Å²) in [6.07, 6.45) is 1.07. The number of ether oxygens (including phenoxy) is 4. The number of hydrogen-bond acceptors (Lipinski definition) is 6. The van der Waals surface area contributed by atoms with Gasteiger partial charge in [0.1, 0.15) is 12.6 Å². The van der Waals surface area contributed by atoms with Crippen molar-refractivity contribution in [2.45, 2.75) is 32.8 Å². The second-order valence-corrected chi connectivity index (χ2v) is 3.34. The number of nitrogens with two attached hydrogens (primary N) is 1. The molecule has 0 heterocycles. The van der Waals surface area contributed by atoms with Crippen LogP contribution in [0.1, 0.15) is 20.8 Å². The molecule has 0 saturated carbocycles. The SMILES string of the molecule is C=CC(=O)OCC(N)C(OCC)(OCC)OCC. The quantitative estimate of drug-likeness (QED) is 0.356. The molecule has 1 unspecified atom stereocenters. The van der Waals surface area contributed by atoms with Crippen molar-refractivity contribution in [3.05, 3.63) is 12.7 Å². The Morgan fingerprint density at radius 2 is 1.67 bits per heavy atom. The Morgan fingerprint density at radius 3 is 2.00 bits per heavy atom. The molecule has 0 amide bonds. The summed E-state index contributed by atoms with van der Waals surface area (Å²) in [4.78, 5) is 11.0. The number of carbonyl (C=O) groups is 1.